The van der Waals surface area contributed by atoms with Crippen LogP contribution >= 0.6 is 0 Å². The van der Waals surface area contributed by atoms with Gasteiger partial charge in [-0.15, -0.1) is 10.2 Å². The molecule has 98 heavy (non-hydrogen) atoms. The van der Waals surface area contributed by atoms with Crippen LogP contribution in [0.1, 0.15) is 110 Å². The first kappa shape index (κ1) is 73.1. The number of amides is 4. The summed E-state index contributed by atoms with van der Waals surface area (Å²) < 4.78 is 75.7. The van der Waals surface area contributed by atoms with Crippen LogP contribution in [0.4, 0.5) is 8.78 Å². The number of aliphatic hydroxyl groups excluding tert-OH is 9. The van der Waals surface area contributed by atoms with E-state index in [4.69, 9.17) is 33.2 Å². The lowest BCUT2D eigenvalue weighted by Gasteiger charge is -2.49. The standard InChI is InChI=1S/C66H92F2N10O20/c1-4-35-22-38(27-46(59(35)98-66-58(88)57(87)52(82)32(2)92-66)95-64-50(71-33(3)81)60(55(85)49(31-80)96-64)93-47(63(91)76-19-10-20-76)21-34-11-6-5-7-12-34)61(89)69-17-18-70-62(90)39-25-44(77-28-42(72-74-77)36-13-8-15-40(67)23-36)53(83)45(26-39)94-65-56(86)51(54(84)48(30-79)97-65)78-29-43(73-75-78)37-14-9-16-41(68)24-37/h8-9,13-16,23-24,28-29,32,34-35,38-39,44-60,64-66,79-80,82-88H,4-7,10-12,17-22,25-27,30-31H2,1-3H3,(H,69,89)(H,70,90)(H,71,81)/t32?,35-,38?,39+,44?,45-,46?,47+,48?,49?,50?,51?,52?,53?,54?,55?,56?,57?,58?,59?,60?,64?,65?,66?/m1/s1. The van der Waals surface area contributed by atoms with Crippen molar-refractivity contribution in [3.63, 3.8) is 0 Å². The maximum Gasteiger partial charge on any atom is 0.251 e. The van der Waals surface area contributed by atoms with E-state index in [0.29, 0.717) is 37.1 Å². The molecule has 12 N–H and O–H groups in total. The molecule has 540 valence electrons. The molecule has 24 atom stereocenters. The zero-order chi connectivity index (χ0) is 69.6. The number of benzene rings is 2. The second-order valence-corrected chi connectivity index (χ2v) is 27.1. The molecule has 0 radical (unpaired) electrons. The molecular weight excluding hydrogens is 1290 g/mol. The quantitative estimate of drug-likeness (QED) is 0.0400. The number of aromatic nitrogens is 6. The van der Waals surface area contributed by atoms with Crippen LogP contribution in [0.2, 0.25) is 0 Å². The van der Waals surface area contributed by atoms with Gasteiger partial charge in [-0.05, 0) is 81.5 Å². The van der Waals surface area contributed by atoms with Crippen molar-refractivity contribution in [2.45, 2.75) is 226 Å². The van der Waals surface area contributed by atoms with Gasteiger partial charge in [0.25, 0.3) is 5.91 Å². The molecule has 4 amide bonds. The van der Waals surface area contributed by atoms with E-state index >= 15 is 0 Å². The largest absolute Gasteiger partial charge is 0.394 e. The molecule has 4 saturated heterocycles. The van der Waals surface area contributed by atoms with Crippen molar-refractivity contribution in [2.24, 2.45) is 23.7 Å². The summed E-state index contributed by atoms with van der Waals surface area (Å²) in [6.07, 6.45) is -16.8. The zero-order valence-electron chi connectivity index (χ0n) is 54.8. The first-order valence-electron chi connectivity index (χ1n) is 34.1. The van der Waals surface area contributed by atoms with E-state index in [9.17, 15) is 73.9 Å². The summed E-state index contributed by atoms with van der Waals surface area (Å²) in [5, 5.41) is 127. The highest BCUT2D eigenvalue weighted by Crippen LogP contribution is 2.42. The van der Waals surface area contributed by atoms with Crippen LogP contribution < -0.4 is 16.0 Å². The van der Waals surface area contributed by atoms with Gasteiger partial charge in [0.2, 0.25) is 17.7 Å². The summed E-state index contributed by atoms with van der Waals surface area (Å²) >= 11 is 0. The minimum atomic E-state index is -1.75. The highest BCUT2D eigenvalue weighted by molar-refractivity contribution is 5.82. The molecule has 0 bridgehead atoms. The van der Waals surface area contributed by atoms with Gasteiger partial charge in [0.15, 0.2) is 18.9 Å². The van der Waals surface area contributed by atoms with Gasteiger partial charge >= 0.3 is 0 Å². The highest BCUT2D eigenvalue weighted by atomic mass is 19.1. The lowest BCUT2D eigenvalue weighted by Crippen LogP contribution is -2.67. The summed E-state index contributed by atoms with van der Waals surface area (Å²) in [6.45, 7) is 3.88. The molecule has 2 aromatic heterocycles. The Morgan fingerprint density at radius 3 is 1.83 bits per heavy atom. The SMILES string of the molecule is CC[C@@H]1CC(C(=O)NCCNC(=O)[C@H]2CC(n3cc(-c4cccc(F)c4)nn3)C(O)[C@H](OC3OC(CO)C(O)C(n4cc(-c5cccc(F)c5)nn4)C3O)C2)CC(OC2OC(CO)C(O)C(O[C@@H](CC3CCCCC3)C(=O)N3CCC3)C2NC(C)=O)C1OC1OC(C)C(O)C(O)C1O. The summed E-state index contributed by atoms with van der Waals surface area (Å²) in [7, 11) is 0. The Morgan fingerprint density at radius 1 is 0.643 bits per heavy atom. The molecule has 7 fully saturated rings. The molecule has 0 spiro atoms. The van der Waals surface area contributed by atoms with Gasteiger partial charge in [-0.1, -0.05) is 80.1 Å². The van der Waals surface area contributed by atoms with Crippen molar-refractivity contribution >= 4 is 23.6 Å². The lowest BCUT2D eigenvalue weighted by molar-refractivity contribution is -0.338. The average molecular weight is 1380 g/mol. The van der Waals surface area contributed by atoms with Crippen LogP contribution in [0.15, 0.2) is 60.9 Å². The Hall–Kier alpha value is -6.18. The maximum atomic E-state index is 14.6. The van der Waals surface area contributed by atoms with Crippen LogP contribution in [-0.2, 0) is 52.3 Å². The third-order valence-corrected chi connectivity index (χ3v) is 20.5. The molecule has 11 rings (SSSR count). The smallest absolute Gasteiger partial charge is 0.251 e. The van der Waals surface area contributed by atoms with Crippen molar-refractivity contribution < 1.29 is 107 Å². The summed E-state index contributed by atoms with van der Waals surface area (Å²) in [4.78, 5) is 58.2. The Labute approximate surface area is 564 Å². The van der Waals surface area contributed by atoms with Crippen LogP contribution in [0.3, 0.4) is 0 Å². The molecule has 4 aliphatic heterocycles. The molecule has 3 aliphatic carbocycles. The van der Waals surface area contributed by atoms with E-state index in [-0.39, 0.29) is 62.0 Å². The average Bonchev–Trinajstić information content (AvgIpc) is 1.13. The fourth-order valence-corrected chi connectivity index (χ4v) is 14.9. The Bertz CT molecular complexity index is 3310. The molecule has 32 heteroatoms. The van der Waals surface area contributed by atoms with Gasteiger partial charge < -0.3 is 100.0 Å². The molecule has 20 unspecified atom stereocenters. The van der Waals surface area contributed by atoms with Crippen molar-refractivity contribution in [1.29, 1.82) is 0 Å². The Morgan fingerprint density at radius 2 is 1.22 bits per heavy atom. The molecule has 4 aromatic rings. The Kier molecular flexibility index (Phi) is 24.3. The number of carbonyl (C=O) groups is 4. The molecule has 3 saturated carbocycles. The van der Waals surface area contributed by atoms with Crippen molar-refractivity contribution in [2.75, 3.05) is 39.4 Å². The predicted molar refractivity (Wildman–Crippen MR) is 335 cm³/mol. The molecule has 6 heterocycles. The number of hydrogen-bond donors (Lipinski definition) is 12. The highest BCUT2D eigenvalue weighted by Gasteiger charge is 2.55. The first-order valence-corrected chi connectivity index (χ1v) is 34.1. The number of ether oxygens (including phenoxy) is 7. The van der Waals surface area contributed by atoms with Crippen LogP contribution in [0, 0.1) is 35.3 Å². The number of halogens is 2. The van der Waals surface area contributed by atoms with Crippen molar-refractivity contribution in [3.8, 4) is 22.5 Å². The van der Waals surface area contributed by atoms with Gasteiger partial charge in [-0.3, -0.25) is 19.2 Å². The number of carbonyl (C=O) groups excluding carboxylic acids is 4. The first-order chi connectivity index (χ1) is 47.1. The van der Waals surface area contributed by atoms with E-state index in [1.807, 2.05) is 6.92 Å². The maximum absolute atomic E-state index is 14.6. The monoisotopic (exact) mass is 1380 g/mol. The second kappa shape index (κ2) is 32.6. The normalized spacial score (nSPS) is 35.8. The Balaban J connectivity index is 0.803. The van der Waals surface area contributed by atoms with Crippen LogP contribution in [0.25, 0.3) is 22.5 Å². The van der Waals surface area contributed by atoms with Crippen LogP contribution in [0.5, 0.6) is 0 Å². The number of nitrogens with zero attached hydrogens (tertiary/aromatic N) is 7. The summed E-state index contributed by atoms with van der Waals surface area (Å²) in [6, 6.07) is 7.38. The van der Waals surface area contributed by atoms with E-state index < -0.39 is 189 Å². The van der Waals surface area contributed by atoms with E-state index in [1.54, 1.807) is 17.0 Å². The fourth-order valence-electron chi connectivity index (χ4n) is 14.9. The van der Waals surface area contributed by atoms with Gasteiger partial charge in [0.05, 0.1) is 56.1 Å². The number of hydrogen-bond acceptors (Lipinski definition) is 24. The minimum absolute atomic E-state index is 0.0652. The zero-order valence-corrected chi connectivity index (χ0v) is 54.8. The fraction of sp³-hybridized carbons (Fsp3) is 0.697. The molecule has 7 aliphatic rings. The number of rotatable bonds is 24. The topological polar surface area (TPSA) is 416 Å². The predicted octanol–water partition coefficient (Wildman–Crippen LogP) is -0.335. The lowest BCUT2D eigenvalue weighted by atomic mass is 9.75. The molecule has 30 nitrogen and oxygen atoms in total. The minimum Gasteiger partial charge on any atom is -0.394 e. The van der Waals surface area contributed by atoms with Crippen molar-refractivity contribution in [3.05, 3.63) is 72.6 Å². The van der Waals surface area contributed by atoms with Gasteiger partial charge in [-0.25, -0.2) is 18.1 Å². The third kappa shape index (κ3) is 16.6. The number of likely N-dealkylation sites (tertiary alicyclic amines) is 1. The van der Waals surface area contributed by atoms with E-state index in [0.717, 1.165) is 43.2 Å². The third-order valence-electron chi connectivity index (χ3n) is 20.5. The van der Waals surface area contributed by atoms with Gasteiger partial charge in [-0.2, -0.15) is 0 Å². The van der Waals surface area contributed by atoms with E-state index in [1.165, 1.54) is 67.3 Å². The van der Waals surface area contributed by atoms with Crippen molar-refractivity contribution in [1.82, 2.24) is 50.8 Å². The second-order valence-electron chi connectivity index (χ2n) is 27.1. The summed E-state index contributed by atoms with van der Waals surface area (Å²) in [5.74, 6) is -5.19. The molecule has 2 aromatic carbocycles. The van der Waals surface area contributed by atoms with Crippen LogP contribution in [-0.4, -0.2) is 260 Å². The van der Waals surface area contributed by atoms with Gasteiger partial charge in [0.1, 0.15) is 102 Å². The molecular formula is C66H92F2N10O20. The summed E-state index contributed by atoms with van der Waals surface area (Å²) in [5.41, 5.74) is 1.15. The van der Waals surface area contributed by atoms with E-state index in [2.05, 4.69) is 36.6 Å². The van der Waals surface area contributed by atoms with Gasteiger partial charge in [0, 0.05) is 56.1 Å². The number of aliphatic hydroxyl groups is 9. The number of nitrogens with one attached hydrogen (secondary N) is 3.